The molecule has 0 saturated carbocycles. The summed E-state index contributed by atoms with van der Waals surface area (Å²) in [5.74, 6) is -1.39. The molecule has 120 valence electrons. The van der Waals surface area contributed by atoms with Gasteiger partial charge in [-0.3, -0.25) is 4.79 Å². The number of carboxylic acid groups (broad SMARTS) is 1. The van der Waals surface area contributed by atoms with Crippen LogP contribution in [-0.4, -0.2) is 49.0 Å². The molecule has 3 rings (SSSR count). The van der Waals surface area contributed by atoms with Crippen molar-refractivity contribution in [3.05, 3.63) is 41.7 Å². The SMILES string of the molecule is Cc1ccc(-n2cc(C(=O)N3CCCC3(C)C(=O)O)nn2)cc1. The van der Waals surface area contributed by atoms with E-state index in [1.807, 2.05) is 31.2 Å². The maximum atomic E-state index is 12.6. The maximum Gasteiger partial charge on any atom is 0.329 e. The van der Waals surface area contributed by atoms with Crippen LogP contribution in [-0.2, 0) is 4.79 Å². The normalized spacial score (nSPS) is 20.7. The first-order chi connectivity index (χ1) is 10.9. The number of hydrogen-bond donors (Lipinski definition) is 1. The van der Waals surface area contributed by atoms with E-state index in [9.17, 15) is 14.7 Å². The van der Waals surface area contributed by atoms with Crippen LogP contribution in [0, 0.1) is 6.92 Å². The third kappa shape index (κ3) is 2.58. The highest BCUT2D eigenvalue weighted by Crippen LogP contribution is 2.30. The Morgan fingerprint density at radius 3 is 2.61 bits per heavy atom. The average molecular weight is 314 g/mol. The third-order valence-corrected chi connectivity index (χ3v) is 4.36. The molecule has 7 nitrogen and oxygen atoms in total. The van der Waals surface area contributed by atoms with Crippen LogP contribution in [0.4, 0.5) is 0 Å². The molecule has 2 aromatic rings. The molecule has 1 amide bonds. The van der Waals surface area contributed by atoms with Crippen molar-refractivity contribution in [2.45, 2.75) is 32.2 Å². The van der Waals surface area contributed by atoms with E-state index in [-0.39, 0.29) is 5.69 Å². The molecule has 7 heteroatoms. The number of carbonyl (C=O) groups excluding carboxylic acids is 1. The van der Waals surface area contributed by atoms with Gasteiger partial charge >= 0.3 is 5.97 Å². The Morgan fingerprint density at radius 1 is 1.26 bits per heavy atom. The zero-order valence-electron chi connectivity index (χ0n) is 13.1. The highest BCUT2D eigenvalue weighted by Gasteiger charge is 2.46. The monoisotopic (exact) mass is 314 g/mol. The molecule has 1 N–H and O–H groups in total. The summed E-state index contributed by atoms with van der Waals surface area (Å²) in [6, 6.07) is 7.66. The topological polar surface area (TPSA) is 88.3 Å². The second-order valence-corrected chi connectivity index (χ2v) is 6.02. The van der Waals surface area contributed by atoms with E-state index < -0.39 is 17.4 Å². The molecule has 23 heavy (non-hydrogen) atoms. The van der Waals surface area contributed by atoms with Gasteiger partial charge in [-0.05, 0) is 38.8 Å². The summed E-state index contributed by atoms with van der Waals surface area (Å²) in [6.45, 7) is 3.98. The van der Waals surface area contributed by atoms with E-state index in [1.54, 1.807) is 6.92 Å². The van der Waals surface area contributed by atoms with Crippen molar-refractivity contribution >= 4 is 11.9 Å². The van der Waals surface area contributed by atoms with E-state index in [4.69, 9.17) is 0 Å². The van der Waals surface area contributed by atoms with Crippen LogP contribution in [0.2, 0.25) is 0 Å². The Morgan fingerprint density at radius 2 is 1.96 bits per heavy atom. The van der Waals surface area contributed by atoms with Crippen molar-refractivity contribution < 1.29 is 14.7 Å². The van der Waals surface area contributed by atoms with Crippen LogP contribution in [0.25, 0.3) is 5.69 Å². The van der Waals surface area contributed by atoms with Crippen molar-refractivity contribution in [2.75, 3.05) is 6.54 Å². The number of amides is 1. The van der Waals surface area contributed by atoms with Crippen LogP contribution in [0.3, 0.4) is 0 Å². The molecular formula is C16H18N4O3. The van der Waals surface area contributed by atoms with Crippen molar-refractivity contribution in [1.82, 2.24) is 19.9 Å². The minimum Gasteiger partial charge on any atom is -0.480 e. The molecule has 2 heterocycles. The largest absolute Gasteiger partial charge is 0.480 e. The van der Waals surface area contributed by atoms with Crippen LogP contribution >= 0.6 is 0 Å². The number of rotatable bonds is 3. The molecule has 0 bridgehead atoms. The minimum atomic E-state index is -1.18. The van der Waals surface area contributed by atoms with Gasteiger partial charge in [-0.25, -0.2) is 9.48 Å². The molecule has 1 aromatic heterocycles. The molecule has 0 aliphatic carbocycles. The fourth-order valence-corrected chi connectivity index (χ4v) is 2.83. The van der Waals surface area contributed by atoms with Gasteiger partial charge in [0.2, 0.25) is 0 Å². The van der Waals surface area contributed by atoms with Crippen molar-refractivity contribution in [1.29, 1.82) is 0 Å². The van der Waals surface area contributed by atoms with E-state index in [1.165, 1.54) is 15.8 Å². The number of nitrogens with zero attached hydrogens (tertiary/aromatic N) is 4. The van der Waals surface area contributed by atoms with Gasteiger partial charge in [0.25, 0.3) is 5.91 Å². The summed E-state index contributed by atoms with van der Waals surface area (Å²) in [5, 5.41) is 17.3. The fourth-order valence-electron chi connectivity index (χ4n) is 2.83. The van der Waals surface area contributed by atoms with Crippen molar-refractivity contribution in [3.63, 3.8) is 0 Å². The number of aromatic nitrogens is 3. The summed E-state index contributed by atoms with van der Waals surface area (Å²) in [5.41, 5.74) is 0.897. The number of carbonyl (C=O) groups is 2. The van der Waals surface area contributed by atoms with Gasteiger partial charge in [-0.15, -0.1) is 5.10 Å². The zero-order chi connectivity index (χ0) is 16.6. The average Bonchev–Trinajstić information content (AvgIpc) is 3.15. The van der Waals surface area contributed by atoms with Gasteiger partial charge in [-0.2, -0.15) is 0 Å². The van der Waals surface area contributed by atoms with Gasteiger partial charge in [0, 0.05) is 6.54 Å². The predicted molar refractivity (Wildman–Crippen MR) is 82.4 cm³/mol. The Hall–Kier alpha value is -2.70. The number of aryl methyl sites for hydroxylation is 1. The standard InChI is InChI=1S/C16H18N4O3/c1-11-4-6-12(7-5-11)20-10-13(17-18-20)14(21)19-9-3-8-16(19,2)15(22)23/h4-7,10H,3,8-9H2,1-2H3,(H,22,23). The Labute approximate surface area is 133 Å². The van der Waals surface area contributed by atoms with Gasteiger partial charge in [0.15, 0.2) is 5.69 Å². The lowest BCUT2D eigenvalue weighted by molar-refractivity contribution is -0.147. The smallest absolute Gasteiger partial charge is 0.329 e. The molecule has 1 aliphatic rings. The van der Waals surface area contributed by atoms with Crippen LogP contribution in [0.15, 0.2) is 30.5 Å². The summed E-state index contributed by atoms with van der Waals surface area (Å²) in [4.78, 5) is 25.5. The summed E-state index contributed by atoms with van der Waals surface area (Å²) < 4.78 is 1.51. The summed E-state index contributed by atoms with van der Waals surface area (Å²) in [6.07, 6.45) is 2.65. The number of carboxylic acids is 1. The molecule has 0 spiro atoms. The third-order valence-electron chi connectivity index (χ3n) is 4.36. The van der Waals surface area contributed by atoms with Gasteiger partial charge in [-0.1, -0.05) is 22.9 Å². The van der Waals surface area contributed by atoms with Crippen LogP contribution < -0.4 is 0 Å². The Balaban J connectivity index is 1.87. The number of hydrogen-bond acceptors (Lipinski definition) is 4. The van der Waals surface area contributed by atoms with Gasteiger partial charge < -0.3 is 10.0 Å². The first kappa shape index (κ1) is 15.2. The first-order valence-electron chi connectivity index (χ1n) is 7.46. The zero-order valence-corrected chi connectivity index (χ0v) is 13.1. The molecule has 1 aromatic carbocycles. The number of benzene rings is 1. The summed E-state index contributed by atoms with van der Waals surface area (Å²) in [7, 11) is 0. The molecule has 1 unspecified atom stereocenters. The van der Waals surface area contributed by atoms with Gasteiger partial charge in [0.1, 0.15) is 5.54 Å². The molecule has 0 radical (unpaired) electrons. The molecule has 1 atom stereocenters. The molecular weight excluding hydrogens is 296 g/mol. The lowest BCUT2D eigenvalue weighted by atomic mass is 9.99. The predicted octanol–water partition coefficient (Wildman–Crippen LogP) is 1.66. The van der Waals surface area contributed by atoms with Crippen LogP contribution in [0.1, 0.15) is 35.8 Å². The highest BCUT2D eigenvalue weighted by molar-refractivity contribution is 5.96. The Kier molecular flexibility index (Phi) is 3.63. The highest BCUT2D eigenvalue weighted by atomic mass is 16.4. The lowest BCUT2D eigenvalue weighted by Gasteiger charge is -2.30. The van der Waals surface area contributed by atoms with Gasteiger partial charge in [0.05, 0.1) is 11.9 Å². The second kappa shape index (κ2) is 5.49. The fraction of sp³-hybridized carbons (Fsp3) is 0.375. The van der Waals surface area contributed by atoms with Crippen molar-refractivity contribution in [3.8, 4) is 5.69 Å². The molecule has 1 saturated heterocycles. The summed E-state index contributed by atoms with van der Waals surface area (Å²) >= 11 is 0. The van der Waals surface area contributed by atoms with E-state index in [0.717, 1.165) is 11.3 Å². The van der Waals surface area contributed by atoms with E-state index in [0.29, 0.717) is 19.4 Å². The van der Waals surface area contributed by atoms with E-state index in [2.05, 4.69) is 10.3 Å². The number of likely N-dealkylation sites (tertiary alicyclic amines) is 1. The lowest BCUT2D eigenvalue weighted by Crippen LogP contribution is -2.50. The second-order valence-electron chi connectivity index (χ2n) is 6.02. The minimum absolute atomic E-state index is 0.153. The number of aliphatic carboxylic acids is 1. The molecule has 1 aliphatic heterocycles. The first-order valence-corrected chi connectivity index (χ1v) is 7.46. The maximum absolute atomic E-state index is 12.6. The van der Waals surface area contributed by atoms with Crippen LogP contribution in [0.5, 0.6) is 0 Å². The molecule has 1 fully saturated rings. The van der Waals surface area contributed by atoms with Crippen molar-refractivity contribution in [2.24, 2.45) is 0 Å². The Bertz CT molecular complexity index is 753. The quantitative estimate of drug-likeness (QED) is 0.930. The van der Waals surface area contributed by atoms with E-state index >= 15 is 0 Å².